The molecule has 15 heavy (non-hydrogen) atoms. The molecule has 82 valence electrons. The predicted molar refractivity (Wildman–Crippen MR) is 67.2 cm³/mol. The molecule has 0 unspecified atom stereocenters. The van der Waals surface area contributed by atoms with Crippen LogP contribution in [0.2, 0.25) is 0 Å². The smallest absolute Gasteiger partial charge is 0.0592 e. The molecule has 1 aromatic heterocycles. The highest BCUT2D eigenvalue weighted by molar-refractivity contribution is 9.10. The van der Waals surface area contributed by atoms with E-state index >= 15 is 0 Å². The van der Waals surface area contributed by atoms with Crippen LogP contribution in [0.15, 0.2) is 22.9 Å². The van der Waals surface area contributed by atoms with Gasteiger partial charge in [-0.25, -0.2) is 0 Å². The van der Waals surface area contributed by atoms with E-state index in [9.17, 15) is 0 Å². The van der Waals surface area contributed by atoms with Crippen molar-refractivity contribution in [1.29, 1.82) is 0 Å². The molecule has 0 aliphatic carbocycles. The molecule has 0 amide bonds. The van der Waals surface area contributed by atoms with Crippen molar-refractivity contribution in [3.05, 3.63) is 22.9 Å². The van der Waals surface area contributed by atoms with Crippen LogP contribution in [0.25, 0.3) is 0 Å². The van der Waals surface area contributed by atoms with E-state index in [0.717, 1.165) is 4.47 Å². The first-order valence-corrected chi connectivity index (χ1v) is 6.34. The van der Waals surface area contributed by atoms with Crippen LogP contribution in [-0.2, 0) is 0 Å². The number of hydrogen-bond donors (Lipinski definition) is 0. The van der Waals surface area contributed by atoms with Crippen molar-refractivity contribution in [2.24, 2.45) is 5.41 Å². The molecule has 2 nitrogen and oxygen atoms in total. The Labute approximate surface area is 99.8 Å². The first-order chi connectivity index (χ1) is 7.21. The van der Waals surface area contributed by atoms with E-state index < -0.39 is 0 Å². The molecule has 1 aliphatic heterocycles. The van der Waals surface area contributed by atoms with Gasteiger partial charge in [0.25, 0.3) is 0 Å². The van der Waals surface area contributed by atoms with E-state index in [1.165, 1.54) is 31.6 Å². The van der Waals surface area contributed by atoms with Crippen LogP contribution in [0.5, 0.6) is 0 Å². The minimum Gasteiger partial charge on any atom is -0.369 e. The Morgan fingerprint density at radius 3 is 2.60 bits per heavy atom. The summed E-state index contributed by atoms with van der Waals surface area (Å²) in [6.07, 6.45) is 6.29. The van der Waals surface area contributed by atoms with Gasteiger partial charge in [-0.15, -0.1) is 0 Å². The third-order valence-corrected chi connectivity index (χ3v) is 4.26. The Bertz CT molecular complexity index is 339. The van der Waals surface area contributed by atoms with Crippen LogP contribution in [0, 0.1) is 5.41 Å². The summed E-state index contributed by atoms with van der Waals surface area (Å²) >= 11 is 3.55. The van der Waals surface area contributed by atoms with Gasteiger partial charge in [-0.05, 0) is 34.8 Å². The molecule has 1 fully saturated rings. The number of aromatic nitrogens is 1. The van der Waals surface area contributed by atoms with Gasteiger partial charge in [-0.2, -0.15) is 0 Å². The molecule has 0 radical (unpaired) electrons. The predicted octanol–water partition coefficient (Wildman–Crippen LogP) is 3.47. The summed E-state index contributed by atoms with van der Waals surface area (Å²) in [7, 11) is 0. The summed E-state index contributed by atoms with van der Waals surface area (Å²) < 4.78 is 1.10. The van der Waals surface area contributed by atoms with Crippen LogP contribution in [0.3, 0.4) is 0 Å². The van der Waals surface area contributed by atoms with Gasteiger partial charge in [0, 0.05) is 30.9 Å². The summed E-state index contributed by atoms with van der Waals surface area (Å²) in [6.45, 7) is 6.95. The van der Waals surface area contributed by atoms with Gasteiger partial charge in [-0.3, -0.25) is 4.98 Å². The van der Waals surface area contributed by atoms with E-state index in [0.29, 0.717) is 5.41 Å². The summed E-state index contributed by atoms with van der Waals surface area (Å²) in [5.74, 6) is 0. The second-order valence-corrected chi connectivity index (χ2v) is 5.24. The van der Waals surface area contributed by atoms with Crippen LogP contribution < -0.4 is 4.90 Å². The zero-order chi connectivity index (χ0) is 10.9. The average Bonchev–Trinajstić information content (AvgIpc) is 2.20. The maximum atomic E-state index is 4.09. The Balaban J connectivity index is 2.09. The topological polar surface area (TPSA) is 16.1 Å². The summed E-state index contributed by atoms with van der Waals surface area (Å²) in [5.41, 5.74) is 1.84. The average molecular weight is 269 g/mol. The molecular formula is C12H17BrN2. The fourth-order valence-electron chi connectivity index (χ4n) is 2.26. The molecule has 1 aromatic rings. The molecule has 0 atom stereocenters. The van der Waals surface area contributed by atoms with Crippen LogP contribution in [0.1, 0.15) is 26.7 Å². The zero-order valence-electron chi connectivity index (χ0n) is 9.33. The van der Waals surface area contributed by atoms with E-state index in [2.05, 4.69) is 45.7 Å². The SMILES string of the molecule is CCC1(CC)CN(c2ccncc2Br)C1. The third-order valence-electron chi connectivity index (χ3n) is 3.64. The van der Waals surface area contributed by atoms with Gasteiger partial charge in [0.1, 0.15) is 0 Å². The van der Waals surface area contributed by atoms with Crippen molar-refractivity contribution >= 4 is 21.6 Å². The molecule has 0 N–H and O–H groups in total. The molecule has 1 saturated heterocycles. The Kier molecular flexibility index (Phi) is 3.01. The van der Waals surface area contributed by atoms with Gasteiger partial charge in [0.05, 0.1) is 10.2 Å². The summed E-state index contributed by atoms with van der Waals surface area (Å²) in [4.78, 5) is 6.52. The standard InChI is InChI=1S/C12H17BrN2/c1-3-12(4-2)8-15(9-12)11-5-6-14-7-10(11)13/h5-7H,3-4,8-9H2,1-2H3. The van der Waals surface area contributed by atoms with Crippen molar-refractivity contribution in [2.45, 2.75) is 26.7 Å². The van der Waals surface area contributed by atoms with Crippen molar-refractivity contribution < 1.29 is 0 Å². The summed E-state index contributed by atoms with van der Waals surface area (Å²) in [6, 6.07) is 2.08. The highest BCUT2D eigenvalue weighted by Gasteiger charge is 2.40. The van der Waals surface area contributed by atoms with Gasteiger partial charge in [0.15, 0.2) is 0 Å². The summed E-state index contributed by atoms with van der Waals surface area (Å²) in [5, 5.41) is 0. The number of rotatable bonds is 3. The van der Waals surface area contributed by atoms with Crippen molar-refractivity contribution in [3.63, 3.8) is 0 Å². The molecule has 0 aromatic carbocycles. The van der Waals surface area contributed by atoms with Crippen molar-refractivity contribution in [1.82, 2.24) is 4.98 Å². The minimum absolute atomic E-state index is 0.558. The van der Waals surface area contributed by atoms with Crippen molar-refractivity contribution in [3.8, 4) is 0 Å². The lowest BCUT2D eigenvalue weighted by molar-refractivity contribution is 0.194. The molecule has 0 bridgehead atoms. The van der Waals surface area contributed by atoms with E-state index in [1.807, 2.05) is 12.4 Å². The van der Waals surface area contributed by atoms with E-state index in [-0.39, 0.29) is 0 Å². The zero-order valence-corrected chi connectivity index (χ0v) is 10.9. The molecule has 0 saturated carbocycles. The van der Waals surface area contributed by atoms with Gasteiger partial charge in [-0.1, -0.05) is 13.8 Å². The quantitative estimate of drug-likeness (QED) is 0.835. The lowest BCUT2D eigenvalue weighted by Gasteiger charge is -2.51. The number of anilines is 1. The monoisotopic (exact) mass is 268 g/mol. The first-order valence-electron chi connectivity index (χ1n) is 5.55. The Hall–Kier alpha value is -0.570. The van der Waals surface area contributed by atoms with E-state index in [4.69, 9.17) is 0 Å². The van der Waals surface area contributed by atoms with Crippen LogP contribution >= 0.6 is 15.9 Å². The number of halogens is 1. The van der Waals surface area contributed by atoms with Gasteiger partial charge >= 0.3 is 0 Å². The lowest BCUT2D eigenvalue weighted by Crippen LogP contribution is -2.56. The highest BCUT2D eigenvalue weighted by atomic mass is 79.9. The lowest BCUT2D eigenvalue weighted by atomic mass is 9.75. The Morgan fingerprint density at radius 2 is 2.07 bits per heavy atom. The van der Waals surface area contributed by atoms with Gasteiger partial charge < -0.3 is 4.90 Å². The minimum atomic E-state index is 0.558. The molecule has 0 spiro atoms. The normalized spacial score (nSPS) is 18.7. The molecule has 3 heteroatoms. The first kappa shape index (κ1) is 10.9. The van der Waals surface area contributed by atoms with Crippen molar-refractivity contribution in [2.75, 3.05) is 18.0 Å². The fourth-order valence-corrected chi connectivity index (χ4v) is 2.76. The number of pyridine rings is 1. The molecule has 2 rings (SSSR count). The second kappa shape index (κ2) is 4.12. The molecule has 2 heterocycles. The molecular weight excluding hydrogens is 252 g/mol. The Morgan fingerprint density at radius 1 is 1.40 bits per heavy atom. The maximum absolute atomic E-state index is 4.09. The third kappa shape index (κ3) is 1.89. The molecule has 1 aliphatic rings. The maximum Gasteiger partial charge on any atom is 0.0592 e. The number of hydrogen-bond acceptors (Lipinski definition) is 2. The number of nitrogens with zero attached hydrogens (tertiary/aromatic N) is 2. The largest absolute Gasteiger partial charge is 0.369 e. The van der Waals surface area contributed by atoms with Crippen LogP contribution in [0.4, 0.5) is 5.69 Å². The fraction of sp³-hybridized carbons (Fsp3) is 0.583. The second-order valence-electron chi connectivity index (χ2n) is 4.39. The van der Waals surface area contributed by atoms with Crippen LogP contribution in [-0.4, -0.2) is 18.1 Å². The van der Waals surface area contributed by atoms with E-state index in [1.54, 1.807) is 0 Å². The highest BCUT2D eigenvalue weighted by Crippen LogP contribution is 2.41. The van der Waals surface area contributed by atoms with Gasteiger partial charge in [0.2, 0.25) is 0 Å².